The molecular formula is C13H12BrN3. The second-order valence-electron chi connectivity index (χ2n) is 3.77. The van der Waals surface area contributed by atoms with Crippen molar-refractivity contribution in [3.05, 3.63) is 46.2 Å². The number of allylic oxidation sites excluding steroid dienone is 2. The molecule has 1 aromatic carbocycles. The molecule has 0 unspecified atom stereocenters. The van der Waals surface area contributed by atoms with Crippen LogP contribution < -0.4 is 5.73 Å². The van der Waals surface area contributed by atoms with Crippen LogP contribution in [0.2, 0.25) is 0 Å². The predicted molar refractivity (Wildman–Crippen MR) is 75.0 cm³/mol. The van der Waals surface area contributed by atoms with E-state index in [1.165, 1.54) is 6.21 Å². The second kappa shape index (κ2) is 4.67. The Bertz CT molecular complexity index is 613. The fraction of sp³-hybridized carbons (Fsp3) is 0.0769. The van der Waals surface area contributed by atoms with Gasteiger partial charge in [0, 0.05) is 27.3 Å². The minimum Gasteiger partial charge on any atom is -0.402 e. The molecule has 3 N–H and O–H groups in total. The molecule has 4 heteroatoms. The smallest absolute Gasteiger partial charge is 0.0742 e. The average molecular weight is 290 g/mol. The summed E-state index contributed by atoms with van der Waals surface area (Å²) < 4.78 is 0.986. The molecule has 0 spiro atoms. The van der Waals surface area contributed by atoms with Crippen LogP contribution in [-0.2, 0) is 0 Å². The molecule has 0 aliphatic heterocycles. The van der Waals surface area contributed by atoms with Crippen LogP contribution in [0.4, 0.5) is 0 Å². The first-order valence-electron chi connectivity index (χ1n) is 5.15. The van der Waals surface area contributed by atoms with Gasteiger partial charge in [0.2, 0.25) is 0 Å². The van der Waals surface area contributed by atoms with E-state index in [0.717, 1.165) is 21.1 Å². The Labute approximate surface area is 108 Å². The molecule has 3 nitrogen and oxygen atoms in total. The molecule has 0 aliphatic carbocycles. The van der Waals surface area contributed by atoms with Gasteiger partial charge in [-0.3, -0.25) is 0 Å². The zero-order chi connectivity index (χ0) is 12.4. The molecule has 2 aromatic rings. The van der Waals surface area contributed by atoms with Gasteiger partial charge < -0.3 is 11.1 Å². The van der Waals surface area contributed by atoms with Gasteiger partial charge in [-0.05, 0) is 25.1 Å². The van der Waals surface area contributed by atoms with E-state index in [4.69, 9.17) is 11.1 Å². The van der Waals surface area contributed by atoms with Crippen LogP contribution in [0.5, 0.6) is 0 Å². The van der Waals surface area contributed by atoms with Crippen LogP contribution >= 0.6 is 15.9 Å². The summed E-state index contributed by atoms with van der Waals surface area (Å²) in [4.78, 5) is 4.51. The predicted octanol–water partition coefficient (Wildman–Crippen LogP) is 3.34. The molecule has 1 aromatic heterocycles. The highest BCUT2D eigenvalue weighted by atomic mass is 79.9. The Balaban J connectivity index is 2.65. The maximum Gasteiger partial charge on any atom is 0.0742 e. The minimum absolute atomic E-state index is 0.599. The van der Waals surface area contributed by atoms with Crippen molar-refractivity contribution in [1.82, 2.24) is 4.98 Å². The standard InChI is InChI=1S/C13H12BrN3/c1-8(16)11(7-15)12-5-3-9-2-4-10(14)6-13(9)17-12/h2-7,15H,16H2,1H3. The number of nitrogens with one attached hydrogen (secondary N) is 1. The Morgan fingerprint density at radius 1 is 1.35 bits per heavy atom. The van der Waals surface area contributed by atoms with Crippen LogP contribution in [0.3, 0.4) is 0 Å². The van der Waals surface area contributed by atoms with Gasteiger partial charge in [0.25, 0.3) is 0 Å². The zero-order valence-corrected chi connectivity index (χ0v) is 11.0. The summed E-state index contributed by atoms with van der Waals surface area (Å²) in [6.07, 6.45) is 1.24. The maximum absolute atomic E-state index is 7.37. The lowest BCUT2D eigenvalue weighted by atomic mass is 10.1. The van der Waals surface area contributed by atoms with Crippen molar-refractivity contribution in [2.75, 3.05) is 0 Å². The van der Waals surface area contributed by atoms with Gasteiger partial charge in [-0.1, -0.05) is 28.1 Å². The molecule has 0 fully saturated rings. The number of pyridine rings is 1. The molecule has 0 saturated carbocycles. The molecule has 0 saturated heterocycles. The molecule has 86 valence electrons. The lowest BCUT2D eigenvalue weighted by Crippen LogP contribution is -2.00. The third kappa shape index (κ3) is 2.36. The van der Waals surface area contributed by atoms with Gasteiger partial charge in [0.1, 0.15) is 0 Å². The monoisotopic (exact) mass is 289 g/mol. The van der Waals surface area contributed by atoms with Crippen molar-refractivity contribution in [1.29, 1.82) is 5.41 Å². The Kier molecular flexibility index (Phi) is 3.24. The SMILES string of the molecule is CC(N)=C(C=N)c1ccc2ccc(Br)cc2n1. The molecule has 1 heterocycles. The summed E-state index contributed by atoms with van der Waals surface area (Å²) in [5, 5.41) is 8.43. The quantitative estimate of drug-likeness (QED) is 0.833. The van der Waals surface area contributed by atoms with E-state index in [0.29, 0.717) is 11.3 Å². The first kappa shape index (κ1) is 11.8. The molecule has 2 rings (SSSR count). The third-order valence-corrected chi connectivity index (χ3v) is 2.99. The van der Waals surface area contributed by atoms with E-state index in [9.17, 15) is 0 Å². The van der Waals surface area contributed by atoms with E-state index < -0.39 is 0 Å². The maximum atomic E-state index is 7.37. The van der Waals surface area contributed by atoms with E-state index in [-0.39, 0.29) is 0 Å². The first-order valence-corrected chi connectivity index (χ1v) is 5.94. The van der Waals surface area contributed by atoms with E-state index >= 15 is 0 Å². The van der Waals surface area contributed by atoms with Crippen molar-refractivity contribution < 1.29 is 0 Å². The number of rotatable bonds is 2. The summed E-state index contributed by atoms with van der Waals surface area (Å²) >= 11 is 3.42. The molecule has 0 atom stereocenters. The van der Waals surface area contributed by atoms with Crippen molar-refractivity contribution in [2.24, 2.45) is 5.73 Å². The summed E-state index contributed by atoms with van der Waals surface area (Å²) in [6.45, 7) is 1.77. The topological polar surface area (TPSA) is 62.8 Å². The summed E-state index contributed by atoms with van der Waals surface area (Å²) in [5.41, 5.74) is 8.60. The number of halogens is 1. The van der Waals surface area contributed by atoms with E-state index in [2.05, 4.69) is 20.9 Å². The highest BCUT2D eigenvalue weighted by Gasteiger charge is 2.04. The molecule has 17 heavy (non-hydrogen) atoms. The highest BCUT2D eigenvalue weighted by molar-refractivity contribution is 9.10. The average Bonchev–Trinajstić information content (AvgIpc) is 2.29. The Morgan fingerprint density at radius 3 is 2.71 bits per heavy atom. The molecular weight excluding hydrogens is 278 g/mol. The van der Waals surface area contributed by atoms with Gasteiger partial charge in [0.05, 0.1) is 11.2 Å². The number of hydrogen-bond acceptors (Lipinski definition) is 3. The van der Waals surface area contributed by atoms with Crippen LogP contribution in [0.15, 0.2) is 40.5 Å². The fourth-order valence-corrected chi connectivity index (χ4v) is 1.98. The Hall–Kier alpha value is -1.68. The number of hydrogen-bond donors (Lipinski definition) is 2. The van der Waals surface area contributed by atoms with Crippen molar-refractivity contribution in [2.45, 2.75) is 6.92 Å². The first-order chi connectivity index (χ1) is 8.11. The number of fused-ring (bicyclic) bond motifs is 1. The van der Waals surface area contributed by atoms with Crippen LogP contribution in [0.25, 0.3) is 16.5 Å². The number of benzene rings is 1. The highest BCUT2D eigenvalue weighted by Crippen LogP contribution is 2.21. The third-order valence-electron chi connectivity index (χ3n) is 2.50. The van der Waals surface area contributed by atoms with Gasteiger partial charge in [-0.2, -0.15) is 0 Å². The molecule has 0 radical (unpaired) electrons. The minimum atomic E-state index is 0.599. The lowest BCUT2D eigenvalue weighted by molar-refractivity contribution is 1.28. The van der Waals surface area contributed by atoms with Crippen LogP contribution in [0.1, 0.15) is 12.6 Å². The van der Waals surface area contributed by atoms with E-state index in [1.54, 1.807) is 6.92 Å². The van der Waals surface area contributed by atoms with Gasteiger partial charge >= 0.3 is 0 Å². The van der Waals surface area contributed by atoms with Crippen molar-refractivity contribution in [3.8, 4) is 0 Å². The number of nitrogens with two attached hydrogens (primary N) is 1. The van der Waals surface area contributed by atoms with Crippen LogP contribution in [-0.4, -0.2) is 11.2 Å². The fourth-order valence-electron chi connectivity index (χ4n) is 1.63. The van der Waals surface area contributed by atoms with Crippen molar-refractivity contribution >= 4 is 38.6 Å². The molecule has 0 amide bonds. The number of nitrogens with zero attached hydrogens (tertiary/aromatic N) is 1. The largest absolute Gasteiger partial charge is 0.402 e. The normalized spacial score (nSPS) is 12.4. The Morgan fingerprint density at radius 2 is 2.06 bits per heavy atom. The number of aromatic nitrogens is 1. The summed E-state index contributed by atoms with van der Waals surface area (Å²) in [6, 6.07) is 9.79. The van der Waals surface area contributed by atoms with Gasteiger partial charge in [0.15, 0.2) is 0 Å². The molecule has 0 aliphatic rings. The zero-order valence-electron chi connectivity index (χ0n) is 9.37. The second-order valence-corrected chi connectivity index (χ2v) is 4.69. The molecule has 0 bridgehead atoms. The summed E-state index contributed by atoms with van der Waals surface area (Å²) in [7, 11) is 0. The van der Waals surface area contributed by atoms with Crippen LogP contribution in [0, 0.1) is 5.41 Å². The van der Waals surface area contributed by atoms with Gasteiger partial charge in [-0.15, -0.1) is 0 Å². The van der Waals surface area contributed by atoms with Gasteiger partial charge in [-0.25, -0.2) is 4.98 Å². The summed E-state index contributed by atoms with van der Waals surface area (Å²) in [5.74, 6) is 0. The van der Waals surface area contributed by atoms with Crippen molar-refractivity contribution in [3.63, 3.8) is 0 Å². The lowest BCUT2D eigenvalue weighted by Gasteiger charge is -2.05. The van der Waals surface area contributed by atoms with E-state index in [1.807, 2.05) is 30.3 Å².